The molecule has 5 heteroatoms. The Kier molecular flexibility index (Phi) is 4.57. The van der Waals surface area contributed by atoms with Crippen LogP contribution in [0.4, 0.5) is 8.78 Å². The normalized spacial score (nSPS) is 12.2. The minimum atomic E-state index is -0.414. The molecule has 2 rings (SSSR count). The predicted octanol–water partition coefficient (Wildman–Crippen LogP) is 4.22. The van der Waals surface area contributed by atoms with Crippen molar-refractivity contribution in [3.05, 3.63) is 64.2 Å². The van der Waals surface area contributed by atoms with Gasteiger partial charge in [0.15, 0.2) is 0 Å². The minimum absolute atomic E-state index is 0.135. The molecule has 0 saturated heterocycles. The van der Waals surface area contributed by atoms with Crippen molar-refractivity contribution in [1.82, 2.24) is 0 Å². The Balaban J connectivity index is 2.09. The Morgan fingerprint density at radius 3 is 2.55 bits per heavy atom. The van der Waals surface area contributed by atoms with Crippen LogP contribution in [-0.4, -0.2) is 0 Å². The molecule has 0 aliphatic heterocycles. The number of hydrogen-bond donors (Lipinski definition) is 1. The topological polar surface area (TPSA) is 35.2 Å². The first-order valence-electron chi connectivity index (χ1n) is 6.09. The number of benzene rings is 2. The zero-order valence-electron chi connectivity index (χ0n) is 10.9. The van der Waals surface area contributed by atoms with E-state index >= 15 is 0 Å². The maximum atomic E-state index is 13.7. The van der Waals surface area contributed by atoms with Gasteiger partial charge in [-0.1, -0.05) is 23.7 Å². The van der Waals surface area contributed by atoms with Crippen molar-refractivity contribution in [2.45, 2.75) is 19.6 Å². The third-order valence-electron chi connectivity index (χ3n) is 2.87. The molecule has 0 bridgehead atoms. The fraction of sp³-hybridized carbons (Fsp3) is 0.200. The van der Waals surface area contributed by atoms with Crippen LogP contribution in [0.5, 0.6) is 5.75 Å². The zero-order chi connectivity index (χ0) is 14.7. The van der Waals surface area contributed by atoms with Gasteiger partial charge in [-0.25, -0.2) is 8.78 Å². The maximum absolute atomic E-state index is 13.7. The van der Waals surface area contributed by atoms with E-state index in [0.29, 0.717) is 16.9 Å². The molecule has 106 valence electrons. The predicted molar refractivity (Wildman–Crippen MR) is 74.7 cm³/mol. The van der Waals surface area contributed by atoms with Crippen LogP contribution in [0.3, 0.4) is 0 Å². The largest absolute Gasteiger partial charge is 0.489 e. The van der Waals surface area contributed by atoms with Crippen molar-refractivity contribution < 1.29 is 13.5 Å². The zero-order valence-corrected chi connectivity index (χ0v) is 11.6. The fourth-order valence-electron chi connectivity index (χ4n) is 1.77. The van der Waals surface area contributed by atoms with Gasteiger partial charge in [0.2, 0.25) is 0 Å². The van der Waals surface area contributed by atoms with Gasteiger partial charge in [-0.15, -0.1) is 0 Å². The Labute approximate surface area is 121 Å². The lowest BCUT2D eigenvalue weighted by Gasteiger charge is -2.11. The summed E-state index contributed by atoms with van der Waals surface area (Å²) in [5.74, 6) is -0.457. The molecular weight excluding hydrogens is 284 g/mol. The van der Waals surface area contributed by atoms with Gasteiger partial charge in [-0.3, -0.25) is 0 Å². The summed E-state index contributed by atoms with van der Waals surface area (Å²) >= 11 is 5.88. The molecule has 2 nitrogen and oxygen atoms in total. The van der Waals surface area contributed by atoms with Crippen molar-refractivity contribution in [2.75, 3.05) is 0 Å². The number of ether oxygens (including phenoxy) is 1. The smallest absolute Gasteiger partial charge is 0.131 e. The lowest BCUT2D eigenvalue weighted by atomic mass is 10.1. The van der Waals surface area contributed by atoms with Gasteiger partial charge in [0, 0.05) is 23.2 Å². The Hall–Kier alpha value is -1.65. The second-order valence-electron chi connectivity index (χ2n) is 4.50. The van der Waals surface area contributed by atoms with Crippen LogP contribution in [0.1, 0.15) is 24.1 Å². The van der Waals surface area contributed by atoms with Crippen molar-refractivity contribution in [2.24, 2.45) is 5.73 Å². The molecule has 0 aromatic heterocycles. The highest BCUT2D eigenvalue weighted by Crippen LogP contribution is 2.23. The average Bonchev–Trinajstić information content (AvgIpc) is 2.37. The van der Waals surface area contributed by atoms with Crippen molar-refractivity contribution in [3.63, 3.8) is 0 Å². The second kappa shape index (κ2) is 6.20. The van der Waals surface area contributed by atoms with E-state index in [0.717, 1.165) is 0 Å². The standard InChI is InChI=1S/C15H14ClF2NO/c1-9(19)13-5-4-12(7-15(13)18)20-8-10-2-3-11(17)6-14(10)16/h2-7,9H,8,19H2,1H3/t9-/m1/s1. The molecule has 0 heterocycles. The van der Waals surface area contributed by atoms with E-state index in [2.05, 4.69) is 0 Å². The average molecular weight is 298 g/mol. The summed E-state index contributed by atoms with van der Waals surface area (Å²) in [6.45, 7) is 1.84. The molecule has 0 unspecified atom stereocenters. The van der Waals surface area contributed by atoms with Gasteiger partial charge >= 0.3 is 0 Å². The molecule has 2 aromatic rings. The summed E-state index contributed by atoms with van der Waals surface area (Å²) in [7, 11) is 0. The summed E-state index contributed by atoms with van der Waals surface area (Å²) in [5, 5.41) is 0.276. The number of halogens is 3. The molecule has 0 aliphatic carbocycles. The molecule has 0 aliphatic rings. The van der Waals surface area contributed by atoms with E-state index in [1.807, 2.05) is 0 Å². The van der Waals surface area contributed by atoms with Crippen LogP contribution in [0.2, 0.25) is 5.02 Å². The first-order chi connectivity index (χ1) is 9.47. The summed E-state index contributed by atoms with van der Waals surface area (Å²) < 4.78 is 32.1. The van der Waals surface area contributed by atoms with Crippen LogP contribution in [0, 0.1) is 11.6 Å². The highest BCUT2D eigenvalue weighted by Gasteiger charge is 2.09. The molecule has 20 heavy (non-hydrogen) atoms. The van der Waals surface area contributed by atoms with E-state index in [-0.39, 0.29) is 17.7 Å². The summed E-state index contributed by atoms with van der Waals surface area (Å²) in [4.78, 5) is 0. The molecule has 0 saturated carbocycles. The number of hydrogen-bond acceptors (Lipinski definition) is 2. The van der Waals surface area contributed by atoms with Crippen LogP contribution in [0.25, 0.3) is 0 Å². The van der Waals surface area contributed by atoms with E-state index in [1.54, 1.807) is 19.1 Å². The van der Waals surface area contributed by atoms with Crippen molar-refractivity contribution in [3.8, 4) is 5.75 Å². The molecule has 2 N–H and O–H groups in total. The highest BCUT2D eigenvalue weighted by atomic mass is 35.5. The van der Waals surface area contributed by atoms with Crippen LogP contribution < -0.4 is 10.5 Å². The van der Waals surface area contributed by atoms with Crippen LogP contribution >= 0.6 is 11.6 Å². The molecule has 0 spiro atoms. The number of rotatable bonds is 4. The lowest BCUT2D eigenvalue weighted by Crippen LogP contribution is -2.07. The Morgan fingerprint density at radius 2 is 1.95 bits per heavy atom. The van der Waals surface area contributed by atoms with Gasteiger partial charge < -0.3 is 10.5 Å². The van der Waals surface area contributed by atoms with E-state index < -0.39 is 11.6 Å². The van der Waals surface area contributed by atoms with Crippen molar-refractivity contribution in [1.29, 1.82) is 0 Å². The van der Waals surface area contributed by atoms with Gasteiger partial charge in [0.05, 0.1) is 5.02 Å². The Morgan fingerprint density at radius 1 is 1.20 bits per heavy atom. The third-order valence-corrected chi connectivity index (χ3v) is 3.22. The molecular formula is C15H14ClF2NO. The summed E-state index contributed by atoms with van der Waals surface area (Å²) in [5.41, 5.74) is 6.69. The minimum Gasteiger partial charge on any atom is -0.489 e. The fourth-order valence-corrected chi connectivity index (χ4v) is 1.99. The summed E-state index contributed by atoms with van der Waals surface area (Å²) in [6, 6.07) is 8.15. The van der Waals surface area contributed by atoms with Gasteiger partial charge in [0.1, 0.15) is 24.0 Å². The molecule has 0 amide bonds. The van der Waals surface area contributed by atoms with Gasteiger partial charge in [-0.2, -0.15) is 0 Å². The SMILES string of the molecule is C[C@@H](N)c1ccc(OCc2ccc(F)cc2Cl)cc1F. The van der Waals surface area contributed by atoms with Crippen molar-refractivity contribution >= 4 is 11.6 Å². The van der Waals surface area contributed by atoms with E-state index in [9.17, 15) is 8.78 Å². The quantitative estimate of drug-likeness (QED) is 0.917. The first kappa shape index (κ1) is 14.8. The van der Waals surface area contributed by atoms with Gasteiger partial charge in [-0.05, 0) is 25.1 Å². The summed E-state index contributed by atoms with van der Waals surface area (Å²) in [6.07, 6.45) is 0. The van der Waals surface area contributed by atoms with E-state index in [1.165, 1.54) is 24.3 Å². The highest BCUT2D eigenvalue weighted by molar-refractivity contribution is 6.31. The number of nitrogens with two attached hydrogens (primary N) is 1. The van der Waals surface area contributed by atoms with E-state index in [4.69, 9.17) is 22.1 Å². The molecule has 0 radical (unpaired) electrons. The van der Waals surface area contributed by atoms with Crippen LogP contribution in [0.15, 0.2) is 36.4 Å². The third kappa shape index (κ3) is 3.46. The monoisotopic (exact) mass is 297 g/mol. The molecule has 0 fully saturated rings. The van der Waals surface area contributed by atoms with Gasteiger partial charge in [0.25, 0.3) is 0 Å². The maximum Gasteiger partial charge on any atom is 0.131 e. The molecule has 1 atom stereocenters. The molecule has 2 aromatic carbocycles. The van der Waals surface area contributed by atoms with Crippen LogP contribution in [-0.2, 0) is 6.61 Å². The first-order valence-corrected chi connectivity index (χ1v) is 6.47. The lowest BCUT2D eigenvalue weighted by molar-refractivity contribution is 0.304. The second-order valence-corrected chi connectivity index (χ2v) is 4.90. The Bertz CT molecular complexity index is 617.